The van der Waals surface area contributed by atoms with E-state index in [4.69, 9.17) is 17.3 Å². The molecule has 2 aromatic carbocycles. The predicted molar refractivity (Wildman–Crippen MR) is 134 cm³/mol. The average Bonchev–Trinajstić information content (AvgIpc) is 3.43. The third-order valence-electron chi connectivity index (χ3n) is 6.46. The van der Waals surface area contributed by atoms with Crippen LogP contribution >= 0.6 is 0 Å². The number of imidazole rings is 1. The van der Waals surface area contributed by atoms with Crippen LogP contribution in [0.5, 0.6) is 0 Å². The van der Waals surface area contributed by atoms with Crippen molar-refractivity contribution in [3.8, 4) is 22.5 Å². The van der Waals surface area contributed by atoms with Crippen LogP contribution in [-0.4, -0.2) is 61.0 Å². The minimum Gasteiger partial charge on any atom is -0.395 e. The van der Waals surface area contributed by atoms with Gasteiger partial charge in [0.25, 0.3) is 5.91 Å². The summed E-state index contributed by atoms with van der Waals surface area (Å²) in [5.74, 6) is -0.793. The average molecular weight is 488 g/mol. The Morgan fingerprint density at radius 3 is 2.81 bits per heavy atom. The van der Waals surface area contributed by atoms with Gasteiger partial charge in [-0.15, -0.1) is 0 Å². The summed E-state index contributed by atoms with van der Waals surface area (Å²) in [6.07, 6.45) is 3.54. The lowest BCUT2D eigenvalue weighted by molar-refractivity contribution is 0.0690. The van der Waals surface area contributed by atoms with Gasteiger partial charge in [0.05, 0.1) is 30.1 Å². The first-order valence-corrected chi connectivity index (χ1v) is 11.8. The zero-order valence-electron chi connectivity index (χ0n) is 19.9. The van der Waals surface area contributed by atoms with E-state index in [1.165, 1.54) is 12.1 Å². The molecule has 0 saturated carbocycles. The van der Waals surface area contributed by atoms with Gasteiger partial charge in [0, 0.05) is 55.4 Å². The number of amides is 1. The van der Waals surface area contributed by atoms with Gasteiger partial charge < -0.3 is 20.3 Å². The fourth-order valence-corrected chi connectivity index (χ4v) is 4.80. The normalized spacial score (nSPS) is 15.9. The summed E-state index contributed by atoms with van der Waals surface area (Å²) >= 11 is 0. The number of aliphatic hydroxyl groups is 1. The van der Waals surface area contributed by atoms with Crippen LogP contribution in [0.1, 0.15) is 23.5 Å². The van der Waals surface area contributed by atoms with Crippen molar-refractivity contribution in [3.63, 3.8) is 0 Å². The Labute approximate surface area is 207 Å². The molecule has 0 unspecified atom stereocenters. The maximum absolute atomic E-state index is 14.6. The van der Waals surface area contributed by atoms with Crippen LogP contribution in [0.15, 0.2) is 42.6 Å². The van der Waals surface area contributed by atoms with E-state index in [1.54, 1.807) is 20.2 Å². The highest BCUT2D eigenvalue weighted by Gasteiger charge is 2.30. The number of rotatable bonds is 5. The summed E-state index contributed by atoms with van der Waals surface area (Å²) in [5.41, 5.74) is 8.99. The number of nitrogens with zero attached hydrogens (tertiary/aromatic N) is 6. The third-order valence-corrected chi connectivity index (χ3v) is 6.46. The lowest BCUT2D eigenvalue weighted by Gasteiger charge is -2.30. The number of aliphatic hydroxyl groups excluding tert-OH is 1. The number of nitrogens with two attached hydrogens (primary N) is 1. The van der Waals surface area contributed by atoms with Crippen LogP contribution in [0.4, 0.5) is 10.1 Å². The van der Waals surface area contributed by atoms with E-state index in [0.29, 0.717) is 30.0 Å². The Balaban J connectivity index is 1.73. The molecule has 10 heteroatoms. The number of hydrogen-bond donors (Lipinski definition) is 2. The standard InChI is InChI=1S/C26H26FN7O2/c1-29-22-8-5-16(13-20(22)27)23-24(17-6-7-21-18(12-17)14-32(2)31-21)34(10-11-35)25(30-23)26(36)33-9-3-4-19(28)15-33/h5-8,12-14,19,35H,3-4,9-11,15,28H2,2H3/t19-/m1/s1. The second kappa shape index (κ2) is 9.53. The molecule has 184 valence electrons. The Kier molecular flexibility index (Phi) is 6.26. The van der Waals surface area contributed by atoms with Gasteiger partial charge in [-0.3, -0.25) is 9.48 Å². The second-order valence-corrected chi connectivity index (χ2v) is 9.02. The smallest absolute Gasteiger partial charge is 0.289 e. The van der Waals surface area contributed by atoms with Crippen molar-refractivity contribution in [2.45, 2.75) is 25.4 Å². The van der Waals surface area contributed by atoms with Gasteiger partial charge in [-0.1, -0.05) is 18.2 Å². The molecule has 3 heterocycles. The topological polar surface area (TPSA) is 107 Å². The first-order valence-electron chi connectivity index (χ1n) is 11.8. The molecule has 1 saturated heterocycles. The highest BCUT2D eigenvalue weighted by atomic mass is 19.1. The quantitative estimate of drug-likeness (QED) is 0.420. The van der Waals surface area contributed by atoms with E-state index < -0.39 is 5.82 Å². The van der Waals surface area contributed by atoms with Gasteiger partial charge in [0.15, 0.2) is 5.82 Å². The van der Waals surface area contributed by atoms with Crippen molar-refractivity contribution >= 4 is 22.5 Å². The fraction of sp³-hybridized carbons (Fsp3) is 0.308. The van der Waals surface area contributed by atoms with E-state index >= 15 is 0 Å². The zero-order chi connectivity index (χ0) is 25.4. The minimum absolute atomic E-state index is 0.0922. The molecule has 9 nitrogen and oxygen atoms in total. The van der Waals surface area contributed by atoms with E-state index in [0.717, 1.165) is 29.3 Å². The molecule has 1 aliphatic heterocycles. The summed E-state index contributed by atoms with van der Waals surface area (Å²) < 4.78 is 18.0. The molecular weight excluding hydrogens is 461 g/mol. The van der Waals surface area contributed by atoms with E-state index in [2.05, 4.69) is 9.94 Å². The van der Waals surface area contributed by atoms with E-state index in [9.17, 15) is 14.3 Å². The van der Waals surface area contributed by atoms with Gasteiger partial charge >= 0.3 is 0 Å². The number of aryl methyl sites for hydroxylation is 1. The maximum Gasteiger partial charge on any atom is 0.289 e. The zero-order valence-corrected chi connectivity index (χ0v) is 19.9. The second-order valence-electron chi connectivity index (χ2n) is 9.02. The van der Waals surface area contributed by atoms with Gasteiger partial charge in [0.1, 0.15) is 5.82 Å². The predicted octanol–water partition coefficient (Wildman–Crippen LogP) is 3.35. The molecule has 0 spiro atoms. The van der Waals surface area contributed by atoms with Gasteiger partial charge in [0.2, 0.25) is 5.69 Å². The molecule has 5 rings (SSSR count). The molecule has 3 N–H and O–H groups in total. The molecule has 4 aromatic rings. The van der Waals surface area contributed by atoms with Crippen molar-refractivity contribution < 1.29 is 14.3 Å². The summed E-state index contributed by atoms with van der Waals surface area (Å²) in [6, 6.07) is 9.87. The number of carbonyl (C=O) groups is 1. The number of aromatic nitrogens is 4. The minimum atomic E-state index is -0.664. The van der Waals surface area contributed by atoms with Crippen LogP contribution in [-0.2, 0) is 13.6 Å². The molecule has 36 heavy (non-hydrogen) atoms. The molecule has 1 aliphatic rings. The van der Waals surface area contributed by atoms with Gasteiger partial charge in [-0.2, -0.15) is 5.10 Å². The summed E-state index contributed by atoms with van der Waals surface area (Å²) in [5, 5.41) is 15.2. The van der Waals surface area contributed by atoms with Gasteiger partial charge in [-0.05, 0) is 31.0 Å². The number of halogens is 1. The van der Waals surface area contributed by atoms with Crippen LogP contribution in [0.2, 0.25) is 0 Å². The number of piperidine rings is 1. The van der Waals surface area contributed by atoms with E-state index in [-0.39, 0.29) is 36.6 Å². The molecule has 1 amide bonds. The molecule has 1 atom stereocenters. The molecule has 1 fully saturated rings. The number of benzene rings is 2. The summed E-state index contributed by atoms with van der Waals surface area (Å²) in [7, 11) is 1.84. The number of fused-ring (bicyclic) bond motifs is 1. The Morgan fingerprint density at radius 2 is 2.08 bits per heavy atom. The van der Waals surface area contributed by atoms with Crippen molar-refractivity contribution in [3.05, 3.63) is 65.7 Å². The maximum atomic E-state index is 14.6. The Hall–Kier alpha value is -4.07. The van der Waals surface area contributed by atoms with Crippen LogP contribution in [0, 0.1) is 12.4 Å². The third kappa shape index (κ3) is 4.23. The fourth-order valence-electron chi connectivity index (χ4n) is 4.80. The SMILES string of the molecule is [C-]#[N+]c1ccc(-c2nc(C(=O)N3CCC[C@@H](N)C3)n(CCO)c2-c2ccc3nn(C)cc3c2)cc1F. The summed E-state index contributed by atoms with van der Waals surface area (Å²) in [6.45, 7) is 8.06. The lowest BCUT2D eigenvalue weighted by atomic mass is 10.0. The molecule has 2 aromatic heterocycles. The first kappa shape index (κ1) is 23.7. The lowest BCUT2D eigenvalue weighted by Crippen LogP contribution is -2.46. The number of hydrogen-bond acceptors (Lipinski definition) is 5. The monoisotopic (exact) mass is 487 g/mol. The Morgan fingerprint density at radius 1 is 1.28 bits per heavy atom. The molecule has 0 radical (unpaired) electrons. The number of carbonyl (C=O) groups excluding carboxylic acids is 1. The van der Waals surface area contributed by atoms with Crippen LogP contribution < -0.4 is 5.73 Å². The van der Waals surface area contributed by atoms with Gasteiger partial charge in [-0.25, -0.2) is 14.2 Å². The highest BCUT2D eigenvalue weighted by Crippen LogP contribution is 2.36. The Bertz CT molecular complexity index is 1500. The van der Waals surface area contributed by atoms with Crippen molar-refractivity contribution in [2.75, 3.05) is 19.7 Å². The van der Waals surface area contributed by atoms with Crippen LogP contribution in [0.3, 0.4) is 0 Å². The van der Waals surface area contributed by atoms with Crippen LogP contribution in [0.25, 0.3) is 38.3 Å². The van der Waals surface area contributed by atoms with Crippen molar-refractivity contribution in [1.82, 2.24) is 24.2 Å². The largest absolute Gasteiger partial charge is 0.395 e. The summed E-state index contributed by atoms with van der Waals surface area (Å²) in [4.78, 5) is 23.2. The molecule has 0 bridgehead atoms. The molecule has 0 aliphatic carbocycles. The first-order chi connectivity index (χ1) is 17.4. The highest BCUT2D eigenvalue weighted by molar-refractivity contribution is 5.95. The van der Waals surface area contributed by atoms with E-state index in [1.807, 2.05) is 31.4 Å². The van der Waals surface area contributed by atoms with Crippen molar-refractivity contribution in [1.29, 1.82) is 0 Å². The molecular formula is C26H26FN7O2. The van der Waals surface area contributed by atoms with Crippen molar-refractivity contribution in [2.24, 2.45) is 12.8 Å². The number of likely N-dealkylation sites (tertiary alicyclic amines) is 1.